The second-order valence-electron chi connectivity index (χ2n) is 4.82. The van der Waals surface area contributed by atoms with E-state index in [0.717, 1.165) is 29.9 Å². The molecule has 0 aliphatic heterocycles. The molecule has 0 unspecified atom stereocenters. The molecule has 1 saturated carbocycles. The van der Waals surface area contributed by atoms with Crippen LogP contribution in [0.5, 0.6) is 0 Å². The predicted molar refractivity (Wildman–Crippen MR) is 73.8 cm³/mol. The highest BCUT2D eigenvalue weighted by Crippen LogP contribution is 2.28. The fourth-order valence-electron chi connectivity index (χ4n) is 2.07. The Morgan fingerprint density at radius 1 is 1.42 bits per heavy atom. The first-order valence-corrected chi connectivity index (χ1v) is 7.20. The van der Waals surface area contributed by atoms with E-state index in [1.807, 2.05) is 15.6 Å². The van der Waals surface area contributed by atoms with Crippen LogP contribution in [0.3, 0.4) is 0 Å². The summed E-state index contributed by atoms with van der Waals surface area (Å²) in [4.78, 5) is 2.17. The number of aromatic nitrogens is 6. The van der Waals surface area contributed by atoms with E-state index in [-0.39, 0.29) is 0 Å². The van der Waals surface area contributed by atoms with Gasteiger partial charge in [0.15, 0.2) is 0 Å². The van der Waals surface area contributed by atoms with Crippen molar-refractivity contribution >= 4 is 21.9 Å². The van der Waals surface area contributed by atoms with Crippen LogP contribution in [0.1, 0.15) is 19.3 Å². The maximum Gasteiger partial charge on any atom is 0.245 e. The Labute approximate surface area is 119 Å². The highest BCUT2D eigenvalue weighted by molar-refractivity contribution is 9.10. The van der Waals surface area contributed by atoms with Crippen LogP contribution in [0.25, 0.3) is 0 Å². The van der Waals surface area contributed by atoms with Crippen molar-refractivity contribution in [1.29, 1.82) is 0 Å². The van der Waals surface area contributed by atoms with Gasteiger partial charge in [0.05, 0.1) is 10.7 Å². The molecule has 19 heavy (non-hydrogen) atoms. The molecule has 0 amide bonds. The number of anilines is 1. The molecule has 2 heterocycles. The third kappa shape index (κ3) is 2.94. The van der Waals surface area contributed by atoms with Gasteiger partial charge in [0, 0.05) is 32.4 Å². The summed E-state index contributed by atoms with van der Waals surface area (Å²) in [5, 5.41) is 16.2. The third-order valence-corrected chi connectivity index (χ3v) is 3.69. The summed E-state index contributed by atoms with van der Waals surface area (Å²) >= 11 is 3.39. The standard InChI is InChI=1S/C11H16BrN7/c1-17(10-3-4-10)11-14-15-16-19(11)6-2-5-18-8-9(12)7-13-18/h7-8,10H,2-6H2,1H3. The van der Waals surface area contributed by atoms with Gasteiger partial charge in [-0.1, -0.05) is 5.10 Å². The molecular weight excluding hydrogens is 310 g/mol. The zero-order valence-corrected chi connectivity index (χ0v) is 12.4. The minimum absolute atomic E-state index is 0.617. The molecule has 1 aliphatic rings. The molecule has 0 atom stereocenters. The van der Waals surface area contributed by atoms with Gasteiger partial charge in [-0.3, -0.25) is 4.68 Å². The smallest absolute Gasteiger partial charge is 0.245 e. The molecule has 0 bridgehead atoms. The number of aryl methyl sites for hydroxylation is 2. The average Bonchev–Trinajstić information content (AvgIpc) is 3.01. The monoisotopic (exact) mass is 325 g/mol. The lowest BCUT2D eigenvalue weighted by atomic mass is 10.4. The molecule has 3 rings (SSSR count). The maximum atomic E-state index is 4.23. The van der Waals surface area contributed by atoms with Gasteiger partial charge in [-0.25, -0.2) is 4.68 Å². The number of nitrogens with zero attached hydrogens (tertiary/aromatic N) is 7. The molecule has 1 fully saturated rings. The minimum atomic E-state index is 0.617. The Hall–Kier alpha value is -1.44. The van der Waals surface area contributed by atoms with Crippen LogP contribution in [0, 0.1) is 0 Å². The van der Waals surface area contributed by atoms with Crippen LogP contribution in [0.4, 0.5) is 5.95 Å². The summed E-state index contributed by atoms with van der Waals surface area (Å²) in [5.41, 5.74) is 0. The minimum Gasteiger partial charge on any atom is -0.340 e. The normalized spacial score (nSPS) is 14.8. The van der Waals surface area contributed by atoms with E-state index in [9.17, 15) is 0 Å². The number of rotatable bonds is 6. The summed E-state index contributed by atoms with van der Waals surface area (Å²) in [6, 6.07) is 0.617. The van der Waals surface area contributed by atoms with Gasteiger partial charge in [-0.05, 0) is 45.6 Å². The molecule has 0 aromatic carbocycles. The van der Waals surface area contributed by atoms with E-state index >= 15 is 0 Å². The number of hydrogen-bond donors (Lipinski definition) is 0. The Bertz CT molecular complexity index is 545. The number of tetrazole rings is 1. The molecule has 2 aromatic rings. The quantitative estimate of drug-likeness (QED) is 0.801. The number of halogens is 1. The van der Waals surface area contributed by atoms with Crippen LogP contribution in [-0.2, 0) is 13.1 Å². The molecule has 102 valence electrons. The van der Waals surface area contributed by atoms with Crippen molar-refractivity contribution in [2.75, 3.05) is 11.9 Å². The van der Waals surface area contributed by atoms with Gasteiger partial charge >= 0.3 is 0 Å². The fraction of sp³-hybridized carbons (Fsp3) is 0.636. The van der Waals surface area contributed by atoms with Crippen molar-refractivity contribution in [2.24, 2.45) is 0 Å². The number of hydrogen-bond acceptors (Lipinski definition) is 5. The molecule has 0 saturated heterocycles. The Balaban J connectivity index is 1.56. The van der Waals surface area contributed by atoms with E-state index in [1.54, 1.807) is 6.20 Å². The van der Waals surface area contributed by atoms with Gasteiger partial charge in [-0.15, -0.1) is 0 Å². The topological polar surface area (TPSA) is 64.7 Å². The maximum absolute atomic E-state index is 4.23. The first-order valence-electron chi connectivity index (χ1n) is 6.41. The molecule has 0 N–H and O–H groups in total. The zero-order chi connectivity index (χ0) is 13.2. The second kappa shape index (κ2) is 5.28. The fourth-order valence-corrected chi connectivity index (χ4v) is 2.39. The summed E-state index contributed by atoms with van der Waals surface area (Å²) < 4.78 is 4.79. The van der Waals surface area contributed by atoms with Crippen molar-refractivity contribution in [2.45, 2.75) is 38.4 Å². The van der Waals surface area contributed by atoms with Crippen molar-refractivity contribution < 1.29 is 0 Å². The molecular formula is C11H16BrN7. The van der Waals surface area contributed by atoms with Gasteiger partial charge < -0.3 is 4.90 Å². The molecule has 8 heteroatoms. The SMILES string of the molecule is CN(c1nnnn1CCCn1cc(Br)cn1)C1CC1. The Morgan fingerprint density at radius 2 is 2.26 bits per heavy atom. The third-order valence-electron chi connectivity index (χ3n) is 3.28. The zero-order valence-electron chi connectivity index (χ0n) is 10.8. The Morgan fingerprint density at radius 3 is 2.95 bits per heavy atom. The molecule has 0 radical (unpaired) electrons. The predicted octanol–water partition coefficient (Wildman–Crippen LogP) is 1.32. The van der Waals surface area contributed by atoms with Crippen LogP contribution in [0.2, 0.25) is 0 Å². The van der Waals surface area contributed by atoms with E-state index in [2.05, 4.69) is 48.5 Å². The van der Waals surface area contributed by atoms with Crippen molar-refractivity contribution in [3.8, 4) is 0 Å². The molecule has 7 nitrogen and oxygen atoms in total. The van der Waals surface area contributed by atoms with Crippen LogP contribution in [-0.4, -0.2) is 43.1 Å². The van der Waals surface area contributed by atoms with E-state index in [4.69, 9.17) is 0 Å². The van der Waals surface area contributed by atoms with Crippen molar-refractivity contribution in [3.05, 3.63) is 16.9 Å². The average molecular weight is 326 g/mol. The van der Waals surface area contributed by atoms with E-state index in [1.165, 1.54) is 12.8 Å². The van der Waals surface area contributed by atoms with Gasteiger partial charge in [0.1, 0.15) is 0 Å². The first-order chi connectivity index (χ1) is 9.24. The molecule has 0 spiro atoms. The Kier molecular flexibility index (Phi) is 3.50. The lowest BCUT2D eigenvalue weighted by Gasteiger charge is -2.16. The van der Waals surface area contributed by atoms with Crippen LogP contribution >= 0.6 is 15.9 Å². The summed E-state index contributed by atoms with van der Waals surface area (Å²) in [6.45, 7) is 1.66. The summed E-state index contributed by atoms with van der Waals surface area (Å²) in [7, 11) is 2.06. The van der Waals surface area contributed by atoms with Crippen molar-refractivity contribution in [3.63, 3.8) is 0 Å². The van der Waals surface area contributed by atoms with Crippen LogP contribution in [0.15, 0.2) is 16.9 Å². The second-order valence-corrected chi connectivity index (χ2v) is 5.73. The summed E-state index contributed by atoms with van der Waals surface area (Å²) in [6.07, 6.45) is 7.19. The lowest BCUT2D eigenvalue weighted by Crippen LogP contribution is -2.24. The molecule has 1 aliphatic carbocycles. The summed E-state index contributed by atoms with van der Waals surface area (Å²) in [5.74, 6) is 0.865. The van der Waals surface area contributed by atoms with Gasteiger partial charge in [-0.2, -0.15) is 5.10 Å². The first kappa shape index (κ1) is 12.6. The largest absolute Gasteiger partial charge is 0.340 e. The highest BCUT2D eigenvalue weighted by Gasteiger charge is 2.29. The molecule has 2 aromatic heterocycles. The highest BCUT2D eigenvalue weighted by atomic mass is 79.9. The van der Waals surface area contributed by atoms with Crippen molar-refractivity contribution in [1.82, 2.24) is 30.0 Å². The van der Waals surface area contributed by atoms with Crippen LogP contribution < -0.4 is 4.90 Å². The lowest BCUT2D eigenvalue weighted by molar-refractivity contribution is 0.491. The van der Waals surface area contributed by atoms with Gasteiger partial charge in [0.2, 0.25) is 5.95 Å². The van der Waals surface area contributed by atoms with E-state index < -0.39 is 0 Å². The van der Waals surface area contributed by atoms with Gasteiger partial charge in [0.25, 0.3) is 0 Å². The van der Waals surface area contributed by atoms with E-state index in [0.29, 0.717) is 6.04 Å².